The molecule has 4 heterocycles. The van der Waals surface area contributed by atoms with Gasteiger partial charge in [-0.2, -0.15) is 0 Å². The van der Waals surface area contributed by atoms with Crippen LogP contribution in [0.3, 0.4) is 0 Å². The molecule has 136 valence electrons. The molecule has 1 amide bonds. The zero-order chi connectivity index (χ0) is 18.4. The molecule has 0 aliphatic carbocycles. The Morgan fingerprint density at radius 1 is 1.15 bits per heavy atom. The zero-order valence-corrected chi connectivity index (χ0v) is 14.8. The molecule has 5 rings (SSSR count). The molecule has 0 atom stereocenters. The maximum absolute atomic E-state index is 14.4. The molecule has 0 fully saturated rings. The van der Waals surface area contributed by atoms with Crippen LogP contribution in [0.2, 0.25) is 0 Å². The predicted molar refractivity (Wildman–Crippen MR) is 101 cm³/mol. The lowest BCUT2D eigenvalue weighted by Gasteiger charge is -2.28. The van der Waals surface area contributed by atoms with E-state index in [2.05, 4.69) is 51.6 Å². The maximum atomic E-state index is 14.4. The lowest BCUT2D eigenvalue weighted by atomic mass is 10.1. The van der Waals surface area contributed by atoms with E-state index in [1.165, 1.54) is 11.8 Å². The van der Waals surface area contributed by atoms with Gasteiger partial charge in [-0.05, 0) is 5.56 Å². The number of aliphatic imine (C=N–C) groups is 1. The number of nitrogens with one attached hydrogen (secondary N) is 1. The number of carbonyl (C=O) groups is 1. The Morgan fingerprint density at radius 3 is 2.70 bits per heavy atom. The highest BCUT2D eigenvalue weighted by Crippen LogP contribution is 2.37. The molecular formula is C21H19FN4O. The first-order chi connectivity index (χ1) is 13.2. The van der Waals surface area contributed by atoms with Crippen molar-refractivity contribution in [3.63, 3.8) is 0 Å². The molecule has 1 aromatic rings. The van der Waals surface area contributed by atoms with Gasteiger partial charge in [-0.1, -0.05) is 36.4 Å². The first kappa shape index (κ1) is 16.2. The van der Waals surface area contributed by atoms with Crippen LogP contribution in [0, 0.1) is 0 Å². The Bertz CT molecular complexity index is 960. The molecule has 0 aromatic heterocycles. The highest BCUT2D eigenvalue weighted by Gasteiger charge is 2.35. The summed E-state index contributed by atoms with van der Waals surface area (Å²) in [5.74, 6) is -0.168. The standard InChI is InChI=1S/C21H19FN4O/c22-17-11-19(27)24-18-7-10-26-20(18)16(17)12-23-21(26)15-5-3-14(4-6-15)13-25-8-1-2-9-25/h1-6,11-12H,7-10,13H2,(H,24,27). The Hall–Kier alpha value is -2.99. The van der Waals surface area contributed by atoms with Crippen molar-refractivity contribution in [2.45, 2.75) is 13.0 Å². The summed E-state index contributed by atoms with van der Waals surface area (Å²) in [7, 11) is 0. The third-order valence-electron chi connectivity index (χ3n) is 5.27. The average molecular weight is 362 g/mol. The zero-order valence-electron chi connectivity index (χ0n) is 14.8. The van der Waals surface area contributed by atoms with E-state index in [1.54, 1.807) is 0 Å². The van der Waals surface area contributed by atoms with Gasteiger partial charge >= 0.3 is 0 Å². The second-order valence-corrected chi connectivity index (χ2v) is 7.07. The quantitative estimate of drug-likeness (QED) is 0.841. The highest BCUT2D eigenvalue weighted by molar-refractivity contribution is 6.03. The lowest BCUT2D eigenvalue weighted by molar-refractivity contribution is -0.115. The third-order valence-corrected chi connectivity index (χ3v) is 5.27. The number of carbonyl (C=O) groups excluding carboxylic acids is 1. The van der Waals surface area contributed by atoms with Gasteiger partial charge in [0.1, 0.15) is 11.7 Å². The summed E-state index contributed by atoms with van der Waals surface area (Å²) in [5, 5.41) is 2.80. The fraction of sp³-hybridized carbons (Fsp3) is 0.238. The topological polar surface area (TPSA) is 47.9 Å². The first-order valence-electron chi connectivity index (χ1n) is 9.13. The van der Waals surface area contributed by atoms with Crippen molar-refractivity contribution in [2.75, 3.05) is 19.6 Å². The van der Waals surface area contributed by atoms with Crippen molar-refractivity contribution in [1.29, 1.82) is 0 Å². The van der Waals surface area contributed by atoms with Crippen molar-refractivity contribution < 1.29 is 9.18 Å². The van der Waals surface area contributed by atoms with Crippen LogP contribution in [0.5, 0.6) is 0 Å². The minimum atomic E-state index is -0.540. The summed E-state index contributed by atoms with van der Waals surface area (Å²) < 4.78 is 14.4. The molecule has 6 heteroatoms. The molecule has 0 bridgehead atoms. The fourth-order valence-corrected chi connectivity index (χ4v) is 3.97. The summed E-state index contributed by atoms with van der Waals surface area (Å²) in [5.41, 5.74) is 4.12. The number of allylic oxidation sites excluding steroid dienone is 1. The van der Waals surface area contributed by atoms with Crippen molar-refractivity contribution in [3.05, 3.63) is 82.6 Å². The number of amidine groups is 1. The van der Waals surface area contributed by atoms with E-state index in [0.29, 0.717) is 18.5 Å². The number of hydrogen-bond acceptors (Lipinski definition) is 4. The van der Waals surface area contributed by atoms with Gasteiger partial charge in [0.15, 0.2) is 0 Å². The van der Waals surface area contributed by atoms with Crippen LogP contribution < -0.4 is 5.32 Å². The number of rotatable bonds is 3. The Kier molecular flexibility index (Phi) is 3.79. The Balaban J connectivity index is 1.45. The summed E-state index contributed by atoms with van der Waals surface area (Å²) in [4.78, 5) is 20.7. The van der Waals surface area contributed by atoms with Crippen LogP contribution in [-0.2, 0) is 11.3 Å². The van der Waals surface area contributed by atoms with Crippen LogP contribution in [0.25, 0.3) is 0 Å². The first-order valence-corrected chi connectivity index (χ1v) is 9.13. The van der Waals surface area contributed by atoms with Gasteiger partial charge in [-0.25, -0.2) is 9.38 Å². The summed E-state index contributed by atoms with van der Waals surface area (Å²) in [6, 6.07) is 8.37. The third kappa shape index (κ3) is 2.82. The highest BCUT2D eigenvalue weighted by atomic mass is 19.1. The van der Waals surface area contributed by atoms with Crippen LogP contribution >= 0.6 is 0 Å². The number of halogens is 1. The largest absolute Gasteiger partial charge is 0.324 e. The van der Waals surface area contributed by atoms with E-state index in [-0.39, 0.29) is 0 Å². The van der Waals surface area contributed by atoms with Crippen molar-refractivity contribution in [2.24, 2.45) is 4.99 Å². The van der Waals surface area contributed by atoms with Crippen LogP contribution in [0.1, 0.15) is 17.5 Å². The van der Waals surface area contributed by atoms with E-state index in [9.17, 15) is 9.18 Å². The van der Waals surface area contributed by atoms with Gasteiger partial charge in [0.2, 0.25) is 0 Å². The number of hydrogen-bond donors (Lipinski definition) is 1. The van der Waals surface area contributed by atoms with Gasteiger partial charge in [-0.15, -0.1) is 0 Å². The van der Waals surface area contributed by atoms with Gasteiger partial charge < -0.3 is 10.2 Å². The van der Waals surface area contributed by atoms with Gasteiger partial charge in [0.05, 0.1) is 11.3 Å². The average Bonchev–Trinajstić information content (AvgIpc) is 3.29. The molecule has 27 heavy (non-hydrogen) atoms. The Morgan fingerprint density at radius 2 is 1.93 bits per heavy atom. The van der Waals surface area contributed by atoms with E-state index in [1.807, 2.05) is 4.90 Å². The number of benzene rings is 1. The smallest absolute Gasteiger partial charge is 0.251 e. The monoisotopic (exact) mass is 362 g/mol. The molecule has 0 spiro atoms. The molecule has 1 N–H and O–H groups in total. The normalized spacial score (nSPS) is 21.6. The van der Waals surface area contributed by atoms with Gasteiger partial charge in [0, 0.05) is 56.1 Å². The van der Waals surface area contributed by atoms with E-state index < -0.39 is 11.7 Å². The summed E-state index contributed by atoms with van der Waals surface area (Å²) in [6.07, 6.45) is 7.56. The lowest BCUT2D eigenvalue weighted by Crippen LogP contribution is -2.31. The number of nitrogens with zero attached hydrogens (tertiary/aromatic N) is 3. The summed E-state index contributed by atoms with van der Waals surface area (Å²) in [6.45, 7) is 3.59. The maximum Gasteiger partial charge on any atom is 0.251 e. The molecule has 4 aliphatic rings. The number of amides is 1. The van der Waals surface area contributed by atoms with Gasteiger partial charge in [0.25, 0.3) is 5.91 Å². The molecule has 5 nitrogen and oxygen atoms in total. The molecule has 0 saturated heterocycles. The van der Waals surface area contributed by atoms with Crippen LogP contribution in [-0.4, -0.2) is 41.2 Å². The van der Waals surface area contributed by atoms with E-state index in [0.717, 1.165) is 48.5 Å². The SMILES string of the molecule is O=C1C=C(F)C2=CN=C(c3ccc(CN4CC=CC4)cc3)N3CCC(=C23)N1. The van der Waals surface area contributed by atoms with Crippen molar-refractivity contribution in [3.8, 4) is 0 Å². The molecular weight excluding hydrogens is 343 g/mol. The molecule has 4 aliphatic heterocycles. The fourth-order valence-electron chi connectivity index (χ4n) is 3.97. The predicted octanol–water partition coefficient (Wildman–Crippen LogP) is 2.60. The molecule has 1 aromatic carbocycles. The Labute approximate surface area is 156 Å². The minimum absolute atomic E-state index is 0.378. The molecule has 0 unspecified atom stereocenters. The second-order valence-electron chi connectivity index (χ2n) is 7.07. The molecule has 0 saturated carbocycles. The van der Waals surface area contributed by atoms with Crippen molar-refractivity contribution >= 4 is 11.7 Å². The minimum Gasteiger partial charge on any atom is -0.324 e. The second kappa shape index (κ2) is 6.32. The van der Waals surface area contributed by atoms with E-state index >= 15 is 0 Å². The van der Waals surface area contributed by atoms with Crippen molar-refractivity contribution in [1.82, 2.24) is 15.1 Å². The van der Waals surface area contributed by atoms with E-state index in [4.69, 9.17) is 0 Å². The summed E-state index contributed by atoms with van der Waals surface area (Å²) >= 11 is 0. The van der Waals surface area contributed by atoms with Gasteiger partial charge in [-0.3, -0.25) is 9.69 Å². The molecule has 0 radical (unpaired) electrons. The van der Waals surface area contributed by atoms with Crippen LogP contribution in [0.15, 0.2) is 76.5 Å². The van der Waals surface area contributed by atoms with Crippen LogP contribution in [0.4, 0.5) is 4.39 Å².